The maximum absolute atomic E-state index is 11.4. The number of carbonyl (C=O) groups excluding carboxylic acids is 2. The van der Waals surface area contributed by atoms with Crippen LogP contribution < -0.4 is 10.6 Å². The lowest BCUT2D eigenvalue weighted by molar-refractivity contribution is -0.126. The Bertz CT molecular complexity index is 341. The summed E-state index contributed by atoms with van der Waals surface area (Å²) in [7, 11) is 0. The van der Waals surface area contributed by atoms with E-state index in [-0.39, 0.29) is 25.0 Å². The molecule has 0 saturated heterocycles. The van der Waals surface area contributed by atoms with Crippen molar-refractivity contribution in [2.45, 2.75) is 13.3 Å². The van der Waals surface area contributed by atoms with Crippen molar-refractivity contribution < 1.29 is 28.5 Å². The fraction of sp³-hybridized carbons (Fsp3) is 0.800. The SMILES string of the molecule is CCC(=O)NCCOCCOCC(=O)NCCOCCOCC=N. The molecule has 0 aromatic heterocycles. The standard InChI is InChI=1S/C15H29N3O6/c1-2-14(19)17-4-7-23-11-12-24-13-15(20)18-5-8-22-10-9-21-6-3-16/h3,16H,2,4-13H2,1H3,(H,17,19)(H,18,20). The van der Waals surface area contributed by atoms with Crippen LogP contribution >= 0.6 is 0 Å². The number of hydrogen-bond donors (Lipinski definition) is 3. The number of rotatable bonds is 17. The quantitative estimate of drug-likeness (QED) is 0.237. The van der Waals surface area contributed by atoms with Crippen LogP contribution in [0, 0.1) is 5.41 Å². The van der Waals surface area contributed by atoms with Gasteiger partial charge in [-0.3, -0.25) is 9.59 Å². The van der Waals surface area contributed by atoms with Crippen molar-refractivity contribution in [3.63, 3.8) is 0 Å². The van der Waals surface area contributed by atoms with Gasteiger partial charge in [-0.1, -0.05) is 6.92 Å². The molecule has 0 atom stereocenters. The molecule has 9 nitrogen and oxygen atoms in total. The molecule has 0 bridgehead atoms. The van der Waals surface area contributed by atoms with Crippen molar-refractivity contribution in [3.8, 4) is 0 Å². The number of hydrogen-bond acceptors (Lipinski definition) is 7. The minimum absolute atomic E-state index is 0.00519. The first-order valence-corrected chi connectivity index (χ1v) is 8.04. The van der Waals surface area contributed by atoms with Gasteiger partial charge < -0.3 is 35.0 Å². The molecule has 24 heavy (non-hydrogen) atoms. The van der Waals surface area contributed by atoms with Crippen molar-refractivity contribution >= 4 is 18.0 Å². The van der Waals surface area contributed by atoms with Gasteiger partial charge in [-0.25, -0.2) is 0 Å². The van der Waals surface area contributed by atoms with E-state index in [0.717, 1.165) is 0 Å². The predicted molar refractivity (Wildman–Crippen MR) is 88.4 cm³/mol. The molecule has 0 aliphatic heterocycles. The van der Waals surface area contributed by atoms with Crippen LogP contribution in [0.15, 0.2) is 0 Å². The molecular weight excluding hydrogens is 318 g/mol. The van der Waals surface area contributed by atoms with Crippen molar-refractivity contribution in [2.24, 2.45) is 0 Å². The van der Waals surface area contributed by atoms with E-state index in [1.807, 2.05) is 0 Å². The van der Waals surface area contributed by atoms with E-state index in [1.54, 1.807) is 6.92 Å². The maximum Gasteiger partial charge on any atom is 0.246 e. The molecule has 140 valence electrons. The van der Waals surface area contributed by atoms with E-state index in [2.05, 4.69) is 10.6 Å². The summed E-state index contributed by atoms with van der Waals surface area (Å²) in [5.74, 6) is -0.219. The molecule has 0 rings (SSSR count). The molecule has 2 amide bonds. The van der Waals surface area contributed by atoms with Gasteiger partial charge in [0, 0.05) is 25.7 Å². The summed E-state index contributed by atoms with van der Waals surface area (Å²) < 4.78 is 20.7. The second-order valence-electron chi connectivity index (χ2n) is 4.61. The summed E-state index contributed by atoms with van der Waals surface area (Å²) in [5.41, 5.74) is 0. The largest absolute Gasteiger partial charge is 0.377 e. The molecular formula is C15H29N3O6. The van der Waals surface area contributed by atoms with Crippen LogP contribution in [0.2, 0.25) is 0 Å². The fourth-order valence-electron chi connectivity index (χ4n) is 1.45. The molecule has 0 saturated carbocycles. The van der Waals surface area contributed by atoms with Crippen molar-refractivity contribution in [3.05, 3.63) is 0 Å². The Kier molecular flexibility index (Phi) is 16.6. The van der Waals surface area contributed by atoms with Crippen molar-refractivity contribution in [2.75, 3.05) is 65.9 Å². The normalized spacial score (nSPS) is 10.4. The fourth-order valence-corrected chi connectivity index (χ4v) is 1.45. The van der Waals surface area contributed by atoms with Crippen LogP contribution in [0.25, 0.3) is 0 Å². The third-order valence-electron chi connectivity index (χ3n) is 2.64. The average molecular weight is 347 g/mol. The molecule has 0 aliphatic rings. The van der Waals surface area contributed by atoms with E-state index in [0.29, 0.717) is 59.2 Å². The first kappa shape index (κ1) is 22.4. The topological polar surface area (TPSA) is 119 Å². The maximum atomic E-state index is 11.4. The molecule has 3 N–H and O–H groups in total. The summed E-state index contributed by atoms with van der Waals surface area (Å²) >= 11 is 0. The van der Waals surface area contributed by atoms with Crippen molar-refractivity contribution in [1.82, 2.24) is 10.6 Å². The Morgan fingerprint density at radius 2 is 1.38 bits per heavy atom. The van der Waals surface area contributed by atoms with Gasteiger partial charge in [0.25, 0.3) is 0 Å². The van der Waals surface area contributed by atoms with Gasteiger partial charge in [0.15, 0.2) is 0 Å². The molecule has 0 aliphatic carbocycles. The Morgan fingerprint density at radius 1 is 0.833 bits per heavy atom. The van der Waals surface area contributed by atoms with Gasteiger partial charge in [0.05, 0.1) is 46.2 Å². The second kappa shape index (κ2) is 17.8. The van der Waals surface area contributed by atoms with Crippen LogP contribution in [0.1, 0.15) is 13.3 Å². The monoisotopic (exact) mass is 347 g/mol. The van der Waals surface area contributed by atoms with Gasteiger partial charge in [-0.05, 0) is 0 Å². The minimum atomic E-state index is -0.214. The van der Waals surface area contributed by atoms with Gasteiger partial charge in [0.1, 0.15) is 6.61 Å². The first-order chi connectivity index (χ1) is 11.7. The molecule has 0 fully saturated rings. The van der Waals surface area contributed by atoms with E-state index >= 15 is 0 Å². The Labute approximate surface area is 142 Å². The minimum Gasteiger partial charge on any atom is -0.377 e. The lowest BCUT2D eigenvalue weighted by Gasteiger charge is -2.08. The second-order valence-corrected chi connectivity index (χ2v) is 4.61. The lowest BCUT2D eigenvalue weighted by atomic mass is 10.4. The molecule has 0 radical (unpaired) electrons. The van der Waals surface area contributed by atoms with Crippen LogP contribution in [-0.4, -0.2) is 84.0 Å². The summed E-state index contributed by atoms with van der Waals surface area (Å²) in [5, 5.41) is 12.1. The zero-order chi connectivity index (χ0) is 17.9. The zero-order valence-electron chi connectivity index (χ0n) is 14.3. The van der Waals surface area contributed by atoms with E-state index in [9.17, 15) is 9.59 Å². The van der Waals surface area contributed by atoms with Crippen LogP contribution in [-0.2, 0) is 28.5 Å². The average Bonchev–Trinajstić information content (AvgIpc) is 2.59. The number of ether oxygens (including phenoxy) is 4. The number of amides is 2. The molecule has 9 heteroatoms. The van der Waals surface area contributed by atoms with Crippen LogP contribution in [0.5, 0.6) is 0 Å². The summed E-state index contributed by atoms with van der Waals surface area (Å²) in [4.78, 5) is 22.4. The molecule has 0 heterocycles. The van der Waals surface area contributed by atoms with Gasteiger partial charge in [-0.2, -0.15) is 0 Å². The zero-order valence-corrected chi connectivity index (χ0v) is 14.3. The predicted octanol–water partition coefficient (Wildman–Crippen LogP) is -0.655. The summed E-state index contributed by atoms with van der Waals surface area (Å²) in [6, 6.07) is 0. The molecule has 0 spiro atoms. The van der Waals surface area contributed by atoms with Gasteiger partial charge in [-0.15, -0.1) is 0 Å². The number of nitrogens with one attached hydrogen (secondary N) is 3. The smallest absolute Gasteiger partial charge is 0.246 e. The summed E-state index contributed by atoms with van der Waals surface area (Å²) in [6.07, 6.45) is 1.64. The highest BCUT2D eigenvalue weighted by Crippen LogP contribution is 1.81. The highest BCUT2D eigenvalue weighted by molar-refractivity contribution is 5.77. The Hall–Kier alpha value is -1.55. The van der Waals surface area contributed by atoms with E-state index in [4.69, 9.17) is 24.4 Å². The van der Waals surface area contributed by atoms with Crippen LogP contribution in [0.3, 0.4) is 0 Å². The Morgan fingerprint density at radius 3 is 1.96 bits per heavy atom. The van der Waals surface area contributed by atoms with Crippen LogP contribution in [0.4, 0.5) is 0 Å². The van der Waals surface area contributed by atoms with E-state index < -0.39 is 0 Å². The molecule has 0 unspecified atom stereocenters. The highest BCUT2D eigenvalue weighted by Gasteiger charge is 2.01. The Balaban J connectivity index is 3.21. The molecule has 0 aromatic rings. The van der Waals surface area contributed by atoms with Gasteiger partial charge >= 0.3 is 0 Å². The molecule has 0 aromatic carbocycles. The first-order valence-electron chi connectivity index (χ1n) is 8.04. The van der Waals surface area contributed by atoms with E-state index in [1.165, 1.54) is 6.21 Å². The lowest BCUT2D eigenvalue weighted by Crippen LogP contribution is -2.31. The summed E-state index contributed by atoms with van der Waals surface area (Å²) in [6.45, 7) is 5.27. The number of carbonyl (C=O) groups is 2. The highest BCUT2D eigenvalue weighted by atomic mass is 16.5. The third kappa shape index (κ3) is 16.8. The third-order valence-corrected chi connectivity index (χ3v) is 2.64. The van der Waals surface area contributed by atoms with Gasteiger partial charge in [0.2, 0.25) is 11.8 Å². The van der Waals surface area contributed by atoms with Crippen molar-refractivity contribution in [1.29, 1.82) is 5.41 Å².